The van der Waals surface area contributed by atoms with E-state index in [1.54, 1.807) is 17.5 Å². The van der Waals surface area contributed by atoms with Gasteiger partial charge in [-0.1, -0.05) is 23.7 Å². The maximum Gasteiger partial charge on any atom is 0.227 e. The molecule has 1 saturated heterocycles. The van der Waals surface area contributed by atoms with Crippen LogP contribution in [0, 0.1) is 5.92 Å². The molecule has 0 saturated carbocycles. The van der Waals surface area contributed by atoms with Crippen LogP contribution in [-0.2, 0) is 11.3 Å². The van der Waals surface area contributed by atoms with Gasteiger partial charge in [-0.15, -0.1) is 11.3 Å². The van der Waals surface area contributed by atoms with Crippen LogP contribution in [0.5, 0.6) is 0 Å². The van der Waals surface area contributed by atoms with E-state index in [1.165, 1.54) is 4.88 Å². The number of piperidine rings is 1. The number of thiophene rings is 1. The first-order valence-corrected chi connectivity index (χ1v) is 10.2. The Bertz CT molecular complexity index is 900. The van der Waals surface area contributed by atoms with Crippen LogP contribution in [0.3, 0.4) is 0 Å². The quantitative estimate of drug-likeness (QED) is 0.655. The van der Waals surface area contributed by atoms with E-state index in [1.807, 2.05) is 36.4 Å². The highest BCUT2D eigenvalue weighted by molar-refractivity contribution is 7.16. The van der Waals surface area contributed by atoms with Gasteiger partial charge in [-0.25, -0.2) is 0 Å². The summed E-state index contributed by atoms with van der Waals surface area (Å²) in [6.07, 6.45) is 3.48. The fraction of sp³-hybridized carbons (Fsp3) is 0.300. The molecule has 27 heavy (non-hydrogen) atoms. The smallest absolute Gasteiger partial charge is 0.227 e. The number of aromatic amines is 1. The van der Waals surface area contributed by atoms with Crippen LogP contribution in [0.2, 0.25) is 4.34 Å². The Balaban J connectivity index is 1.31. The van der Waals surface area contributed by atoms with Gasteiger partial charge in [-0.3, -0.25) is 14.8 Å². The highest BCUT2D eigenvalue weighted by Crippen LogP contribution is 2.26. The molecule has 140 valence electrons. The number of rotatable bonds is 5. The number of hydrogen-bond acceptors (Lipinski definition) is 4. The number of aromatic nitrogens is 2. The summed E-state index contributed by atoms with van der Waals surface area (Å²) in [7, 11) is 0. The molecule has 0 radical (unpaired) electrons. The average Bonchev–Trinajstić information content (AvgIpc) is 3.35. The number of amides is 1. The zero-order valence-corrected chi connectivity index (χ0v) is 16.4. The maximum atomic E-state index is 12.7. The monoisotopic (exact) mass is 400 g/mol. The van der Waals surface area contributed by atoms with Gasteiger partial charge in [-0.05, 0) is 56.3 Å². The SMILES string of the molecule is O=C(Nc1cccc(-c2ccn[nH]2)c1)C1CCN(Cc2ccc(Cl)s2)CC1. The molecule has 3 aromatic rings. The number of nitrogens with zero attached hydrogens (tertiary/aromatic N) is 2. The molecular formula is C20H21ClN4OS. The Morgan fingerprint density at radius 2 is 2.11 bits per heavy atom. The van der Waals surface area contributed by atoms with Crippen LogP contribution >= 0.6 is 22.9 Å². The molecule has 0 unspecified atom stereocenters. The van der Waals surface area contributed by atoms with Crippen LogP contribution in [-0.4, -0.2) is 34.1 Å². The summed E-state index contributed by atoms with van der Waals surface area (Å²) < 4.78 is 0.830. The number of carbonyl (C=O) groups is 1. The third-order valence-corrected chi connectivity index (χ3v) is 6.12. The van der Waals surface area contributed by atoms with Gasteiger partial charge in [0.1, 0.15) is 0 Å². The predicted octanol–water partition coefficient (Wildman–Crippen LogP) is 4.64. The van der Waals surface area contributed by atoms with Gasteiger partial charge >= 0.3 is 0 Å². The number of hydrogen-bond donors (Lipinski definition) is 2. The van der Waals surface area contributed by atoms with Crippen molar-refractivity contribution < 1.29 is 4.79 Å². The van der Waals surface area contributed by atoms with Gasteiger partial charge in [0.05, 0.1) is 10.0 Å². The van der Waals surface area contributed by atoms with Crippen molar-refractivity contribution in [3.8, 4) is 11.3 Å². The molecule has 0 spiro atoms. The molecule has 3 heterocycles. The van der Waals surface area contributed by atoms with Crippen LogP contribution in [0.25, 0.3) is 11.3 Å². The van der Waals surface area contributed by atoms with Crippen molar-refractivity contribution in [1.29, 1.82) is 0 Å². The van der Waals surface area contributed by atoms with E-state index < -0.39 is 0 Å². The highest BCUT2D eigenvalue weighted by Gasteiger charge is 2.25. The van der Waals surface area contributed by atoms with Gasteiger partial charge < -0.3 is 5.32 Å². The zero-order chi connectivity index (χ0) is 18.6. The lowest BCUT2D eigenvalue weighted by Crippen LogP contribution is -2.37. The second-order valence-corrected chi connectivity index (χ2v) is 8.60. The van der Waals surface area contributed by atoms with Crippen LogP contribution in [0.1, 0.15) is 17.7 Å². The molecule has 0 bridgehead atoms. The second-order valence-electron chi connectivity index (χ2n) is 6.80. The molecule has 1 aliphatic rings. The summed E-state index contributed by atoms with van der Waals surface area (Å²) in [5.74, 6) is 0.166. The van der Waals surface area contributed by atoms with E-state index in [9.17, 15) is 4.79 Å². The molecule has 0 atom stereocenters. The fourth-order valence-electron chi connectivity index (χ4n) is 3.44. The zero-order valence-electron chi connectivity index (χ0n) is 14.8. The minimum absolute atomic E-state index is 0.0592. The van der Waals surface area contributed by atoms with Crippen molar-refractivity contribution in [3.63, 3.8) is 0 Å². The van der Waals surface area contributed by atoms with Gasteiger partial charge in [0.15, 0.2) is 0 Å². The highest BCUT2D eigenvalue weighted by atomic mass is 35.5. The molecule has 1 amide bonds. The summed E-state index contributed by atoms with van der Waals surface area (Å²) in [5, 5.41) is 10.0. The van der Waals surface area contributed by atoms with E-state index >= 15 is 0 Å². The minimum atomic E-state index is 0.0592. The van der Waals surface area contributed by atoms with Crippen LogP contribution in [0.4, 0.5) is 5.69 Å². The summed E-state index contributed by atoms with van der Waals surface area (Å²) in [6.45, 7) is 2.78. The number of benzene rings is 1. The third kappa shape index (κ3) is 4.58. The van der Waals surface area contributed by atoms with Crippen molar-refractivity contribution in [1.82, 2.24) is 15.1 Å². The Kier molecular flexibility index (Phi) is 5.57. The summed E-state index contributed by atoms with van der Waals surface area (Å²) in [5.41, 5.74) is 2.77. The van der Waals surface area contributed by atoms with E-state index in [0.29, 0.717) is 0 Å². The van der Waals surface area contributed by atoms with E-state index in [4.69, 9.17) is 11.6 Å². The molecule has 2 aromatic heterocycles. The lowest BCUT2D eigenvalue weighted by atomic mass is 9.95. The first kappa shape index (κ1) is 18.2. The number of carbonyl (C=O) groups excluding carboxylic acids is 1. The fourth-order valence-corrected chi connectivity index (χ4v) is 4.57. The topological polar surface area (TPSA) is 61.0 Å². The van der Waals surface area contributed by atoms with Crippen molar-refractivity contribution in [2.75, 3.05) is 18.4 Å². The van der Waals surface area contributed by atoms with Crippen molar-refractivity contribution >= 4 is 34.5 Å². The lowest BCUT2D eigenvalue weighted by molar-refractivity contribution is -0.121. The van der Waals surface area contributed by atoms with Gasteiger partial charge in [-0.2, -0.15) is 5.10 Å². The van der Waals surface area contributed by atoms with Crippen LogP contribution in [0.15, 0.2) is 48.7 Å². The van der Waals surface area contributed by atoms with E-state index in [0.717, 1.165) is 53.8 Å². The Morgan fingerprint density at radius 3 is 2.81 bits per heavy atom. The first-order chi connectivity index (χ1) is 13.2. The van der Waals surface area contributed by atoms with Gasteiger partial charge in [0.25, 0.3) is 0 Å². The molecule has 1 aromatic carbocycles. The summed E-state index contributed by atoms with van der Waals surface area (Å²) in [6, 6.07) is 13.8. The Morgan fingerprint density at radius 1 is 1.26 bits per heavy atom. The summed E-state index contributed by atoms with van der Waals surface area (Å²) >= 11 is 7.63. The molecular weight excluding hydrogens is 380 g/mol. The molecule has 0 aliphatic carbocycles. The molecule has 7 heteroatoms. The largest absolute Gasteiger partial charge is 0.326 e. The Hall–Kier alpha value is -2.15. The van der Waals surface area contributed by atoms with E-state index in [-0.39, 0.29) is 11.8 Å². The molecule has 4 rings (SSSR count). The first-order valence-electron chi connectivity index (χ1n) is 9.04. The molecule has 1 aliphatic heterocycles. The molecule has 5 nitrogen and oxygen atoms in total. The number of anilines is 1. The average molecular weight is 401 g/mol. The number of H-pyrrole nitrogens is 1. The van der Waals surface area contributed by atoms with Crippen molar-refractivity contribution in [2.45, 2.75) is 19.4 Å². The maximum absolute atomic E-state index is 12.7. The minimum Gasteiger partial charge on any atom is -0.326 e. The van der Waals surface area contributed by atoms with Crippen LogP contribution < -0.4 is 5.32 Å². The molecule has 1 fully saturated rings. The second kappa shape index (κ2) is 8.25. The Labute approximate surface area is 167 Å². The normalized spacial score (nSPS) is 15.7. The lowest BCUT2D eigenvalue weighted by Gasteiger charge is -2.30. The number of likely N-dealkylation sites (tertiary alicyclic amines) is 1. The van der Waals surface area contributed by atoms with E-state index in [2.05, 4.69) is 26.5 Å². The predicted molar refractivity (Wildman–Crippen MR) is 110 cm³/mol. The number of nitrogens with one attached hydrogen (secondary N) is 2. The van der Waals surface area contributed by atoms with Gasteiger partial charge in [0.2, 0.25) is 5.91 Å². The number of halogens is 1. The molecule has 2 N–H and O–H groups in total. The van der Waals surface area contributed by atoms with Gasteiger partial charge in [0, 0.05) is 34.8 Å². The van der Waals surface area contributed by atoms with Crippen molar-refractivity contribution in [3.05, 3.63) is 57.9 Å². The third-order valence-electron chi connectivity index (χ3n) is 4.91. The standard InChI is InChI=1S/C20H21ClN4OS/c21-19-5-4-17(27-19)13-25-10-7-14(8-11-25)20(26)23-16-3-1-2-15(12-16)18-6-9-22-24-18/h1-6,9,12,14H,7-8,10-11,13H2,(H,22,24)(H,23,26). The van der Waals surface area contributed by atoms with Crippen molar-refractivity contribution in [2.24, 2.45) is 5.92 Å². The summed E-state index contributed by atoms with van der Waals surface area (Å²) in [4.78, 5) is 16.3.